The van der Waals surface area contributed by atoms with Crippen LogP contribution in [0.2, 0.25) is 0 Å². The lowest BCUT2D eigenvalue weighted by Gasteiger charge is -2.08. The predicted molar refractivity (Wildman–Crippen MR) is 97.9 cm³/mol. The molecule has 0 aliphatic heterocycles. The molecule has 3 aromatic rings. The number of aliphatic hydroxyl groups excluding tert-OH is 1. The molecule has 0 aliphatic carbocycles. The maximum Gasteiger partial charge on any atom is 0.283 e. The van der Waals surface area contributed by atoms with E-state index >= 15 is 0 Å². The first-order valence-electron chi connectivity index (χ1n) is 8.06. The molecule has 0 saturated carbocycles. The molecule has 8 nitrogen and oxygen atoms in total. The highest BCUT2D eigenvalue weighted by Crippen LogP contribution is 2.31. The molecule has 1 amide bonds. The van der Waals surface area contributed by atoms with Gasteiger partial charge in [0.25, 0.3) is 11.6 Å². The van der Waals surface area contributed by atoms with Crippen molar-refractivity contribution >= 4 is 17.8 Å². The topological polar surface area (TPSA) is 118 Å². The highest BCUT2D eigenvalue weighted by Gasteiger charge is 2.19. The number of benzene rings is 2. The predicted octanol–water partition coefficient (Wildman–Crippen LogP) is 3.18. The van der Waals surface area contributed by atoms with Crippen LogP contribution in [0.4, 0.5) is 10.1 Å². The molecular weight excluding hydrogens is 369 g/mol. The number of carbonyl (C=O) groups excluding carboxylic acids is 1. The van der Waals surface area contributed by atoms with Crippen molar-refractivity contribution in [1.29, 1.82) is 0 Å². The number of carbonyl (C=O) groups is 1. The van der Waals surface area contributed by atoms with Gasteiger partial charge in [0.2, 0.25) is 0 Å². The van der Waals surface area contributed by atoms with Crippen LogP contribution in [0.25, 0.3) is 11.3 Å². The van der Waals surface area contributed by atoms with Gasteiger partial charge in [-0.15, -0.1) is 0 Å². The Kier molecular flexibility index (Phi) is 5.56. The number of hydrazone groups is 1. The summed E-state index contributed by atoms with van der Waals surface area (Å²) < 4.78 is 18.7. The van der Waals surface area contributed by atoms with Gasteiger partial charge >= 0.3 is 0 Å². The van der Waals surface area contributed by atoms with Gasteiger partial charge in [0.15, 0.2) is 6.10 Å². The van der Waals surface area contributed by atoms with Crippen LogP contribution in [0, 0.1) is 15.9 Å². The molecule has 3 rings (SSSR count). The first-order valence-corrected chi connectivity index (χ1v) is 8.06. The average Bonchev–Trinajstić information content (AvgIpc) is 3.16. The van der Waals surface area contributed by atoms with Crippen LogP contribution in [0.3, 0.4) is 0 Å². The van der Waals surface area contributed by atoms with Crippen molar-refractivity contribution in [2.24, 2.45) is 5.10 Å². The molecule has 0 spiro atoms. The third-order valence-electron chi connectivity index (χ3n) is 3.78. The molecule has 2 N–H and O–H groups in total. The smallest absolute Gasteiger partial charge is 0.283 e. The van der Waals surface area contributed by atoms with Crippen molar-refractivity contribution in [3.8, 4) is 11.3 Å². The summed E-state index contributed by atoms with van der Waals surface area (Å²) in [6.45, 7) is 0. The van der Waals surface area contributed by atoms with E-state index in [1.165, 1.54) is 24.4 Å². The van der Waals surface area contributed by atoms with Crippen LogP contribution in [0.1, 0.15) is 17.4 Å². The number of aliphatic hydroxyl groups is 1. The number of nitro benzene ring substituents is 1. The zero-order valence-electron chi connectivity index (χ0n) is 14.3. The highest BCUT2D eigenvalue weighted by atomic mass is 19.1. The summed E-state index contributed by atoms with van der Waals surface area (Å²) in [5, 5.41) is 24.7. The molecule has 142 valence electrons. The number of nitrogens with one attached hydrogen (secondary N) is 1. The molecule has 0 radical (unpaired) electrons. The summed E-state index contributed by atoms with van der Waals surface area (Å²) in [7, 11) is 0. The normalized spacial score (nSPS) is 12.1. The minimum absolute atomic E-state index is 0.106. The molecule has 2 aromatic carbocycles. The van der Waals surface area contributed by atoms with Crippen molar-refractivity contribution in [1.82, 2.24) is 5.43 Å². The van der Waals surface area contributed by atoms with Gasteiger partial charge in [0.1, 0.15) is 17.3 Å². The van der Waals surface area contributed by atoms with Gasteiger partial charge in [0.05, 0.1) is 22.8 Å². The van der Waals surface area contributed by atoms with Gasteiger partial charge in [0, 0.05) is 0 Å². The molecule has 0 fully saturated rings. The molecule has 1 aromatic heterocycles. The van der Waals surface area contributed by atoms with E-state index in [-0.39, 0.29) is 17.1 Å². The summed E-state index contributed by atoms with van der Waals surface area (Å²) in [6.07, 6.45) is -0.207. The quantitative estimate of drug-likeness (QED) is 0.385. The Labute approximate surface area is 158 Å². The Morgan fingerprint density at radius 3 is 2.68 bits per heavy atom. The summed E-state index contributed by atoms with van der Waals surface area (Å²) >= 11 is 0. The molecule has 1 heterocycles. The van der Waals surface area contributed by atoms with Crippen molar-refractivity contribution in [3.63, 3.8) is 0 Å². The Morgan fingerprint density at radius 1 is 1.21 bits per heavy atom. The zero-order valence-corrected chi connectivity index (χ0v) is 14.3. The second kappa shape index (κ2) is 8.23. The highest BCUT2D eigenvalue weighted by molar-refractivity contribution is 5.84. The number of rotatable bonds is 6. The first kappa shape index (κ1) is 18.9. The van der Waals surface area contributed by atoms with Gasteiger partial charge in [-0.05, 0) is 29.8 Å². The van der Waals surface area contributed by atoms with Crippen LogP contribution in [0.5, 0.6) is 0 Å². The van der Waals surface area contributed by atoms with Crippen molar-refractivity contribution in [2.45, 2.75) is 6.10 Å². The Hall–Kier alpha value is -3.85. The Bertz CT molecular complexity index is 1030. The minimum Gasteiger partial charge on any atom is -0.455 e. The molecule has 1 atom stereocenters. The lowest BCUT2D eigenvalue weighted by Crippen LogP contribution is -2.25. The number of furan rings is 1. The maximum absolute atomic E-state index is 13.2. The van der Waals surface area contributed by atoms with E-state index in [1.54, 1.807) is 30.3 Å². The van der Waals surface area contributed by atoms with Crippen LogP contribution in [0.15, 0.2) is 70.2 Å². The van der Waals surface area contributed by atoms with E-state index in [0.717, 1.165) is 12.1 Å². The standard InChI is InChI=1S/C19H14FN3O5/c20-13-6-8-15(16(10-13)23(26)27)17-9-7-14(28-17)11-21-22-19(25)18(24)12-4-2-1-3-5-12/h1-11,18,24H,(H,22,25)/b21-11-/t18-/m1/s1. The lowest BCUT2D eigenvalue weighted by atomic mass is 10.1. The average molecular weight is 383 g/mol. The first-order chi connectivity index (χ1) is 13.5. The molecule has 0 aliphatic rings. The maximum atomic E-state index is 13.2. The fourth-order valence-electron chi connectivity index (χ4n) is 2.44. The van der Waals surface area contributed by atoms with Crippen molar-refractivity contribution < 1.29 is 23.6 Å². The van der Waals surface area contributed by atoms with E-state index in [9.17, 15) is 24.4 Å². The summed E-state index contributed by atoms with van der Waals surface area (Å²) in [5.74, 6) is -1.13. The number of hydrogen-bond acceptors (Lipinski definition) is 6. The molecule has 0 bridgehead atoms. The van der Waals surface area contributed by atoms with Crippen molar-refractivity contribution in [3.05, 3.63) is 87.9 Å². The van der Waals surface area contributed by atoms with Gasteiger partial charge in [-0.1, -0.05) is 30.3 Å². The van der Waals surface area contributed by atoms with Crippen LogP contribution < -0.4 is 5.43 Å². The molecule has 9 heteroatoms. The zero-order chi connectivity index (χ0) is 20.1. The third kappa shape index (κ3) is 4.27. The van der Waals surface area contributed by atoms with E-state index in [0.29, 0.717) is 5.56 Å². The van der Waals surface area contributed by atoms with Crippen molar-refractivity contribution in [2.75, 3.05) is 0 Å². The number of amides is 1. The number of nitrogens with zero attached hydrogens (tertiary/aromatic N) is 2. The van der Waals surface area contributed by atoms with Gasteiger partial charge < -0.3 is 9.52 Å². The van der Waals surface area contributed by atoms with E-state index in [4.69, 9.17) is 4.42 Å². The monoisotopic (exact) mass is 383 g/mol. The second-order valence-corrected chi connectivity index (χ2v) is 5.67. The molecule has 0 unspecified atom stereocenters. The molecule has 28 heavy (non-hydrogen) atoms. The Balaban J connectivity index is 1.70. The molecule has 0 saturated heterocycles. The second-order valence-electron chi connectivity index (χ2n) is 5.67. The fraction of sp³-hybridized carbons (Fsp3) is 0.0526. The SMILES string of the molecule is O=C(N/N=C\c1ccc(-c2ccc(F)cc2[N+](=O)[O-])o1)[C@H](O)c1ccccc1. The van der Waals surface area contributed by atoms with E-state index in [2.05, 4.69) is 10.5 Å². The van der Waals surface area contributed by atoms with E-state index in [1.807, 2.05) is 0 Å². The summed E-state index contributed by atoms with van der Waals surface area (Å²) in [4.78, 5) is 22.3. The lowest BCUT2D eigenvalue weighted by molar-refractivity contribution is -0.384. The number of halogens is 1. The van der Waals surface area contributed by atoms with Gasteiger partial charge in [-0.25, -0.2) is 9.82 Å². The van der Waals surface area contributed by atoms with Crippen LogP contribution in [-0.4, -0.2) is 22.2 Å². The third-order valence-corrected chi connectivity index (χ3v) is 3.78. The van der Waals surface area contributed by atoms with Crippen LogP contribution in [-0.2, 0) is 4.79 Å². The summed E-state index contributed by atoms with van der Waals surface area (Å²) in [5.41, 5.74) is 2.27. The van der Waals surface area contributed by atoms with Gasteiger partial charge in [-0.3, -0.25) is 14.9 Å². The summed E-state index contributed by atoms with van der Waals surface area (Å²) in [6, 6.07) is 14.4. The van der Waals surface area contributed by atoms with Crippen LogP contribution >= 0.6 is 0 Å². The van der Waals surface area contributed by atoms with E-state index < -0.39 is 28.4 Å². The number of hydrogen-bond donors (Lipinski definition) is 2. The van der Waals surface area contributed by atoms with Gasteiger partial charge in [-0.2, -0.15) is 5.10 Å². The minimum atomic E-state index is -1.38. The largest absolute Gasteiger partial charge is 0.455 e. The Morgan fingerprint density at radius 2 is 1.96 bits per heavy atom. The number of nitro groups is 1. The molecular formula is C19H14FN3O5. The fourth-order valence-corrected chi connectivity index (χ4v) is 2.44.